The van der Waals surface area contributed by atoms with E-state index in [9.17, 15) is 8.42 Å². The van der Waals surface area contributed by atoms with Gasteiger partial charge in [-0.1, -0.05) is 0 Å². The van der Waals surface area contributed by atoms with Crippen molar-refractivity contribution in [1.29, 1.82) is 0 Å². The Morgan fingerprint density at radius 2 is 2.36 bits per heavy atom. The van der Waals surface area contributed by atoms with Crippen molar-refractivity contribution < 1.29 is 8.42 Å². The molecule has 0 bridgehead atoms. The average Bonchev–Trinajstić information content (AvgIpc) is 2.37. The van der Waals surface area contributed by atoms with E-state index in [1.54, 1.807) is 0 Å². The van der Waals surface area contributed by atoms with E-state index in [1.807, 2.05) is 0 Å². The van der Waals surface area contributed by atoms with Gasteiger partial charge in [0, 0.05) is 4.91 Å². The molecule has 0 saturated heterocycles. The molecule has 0 aromatic rings. The SMILES string of the molecule is [N-]=[N+]=NC1=NC(=S(=O)=O)C=N1. The lowest BCUT2D eigenvalue weighted by Gasteiger charge is -1.74. The first-order valence-corrected chi connectivity index (χ1v) is 3.45. The number of rotatable bonds is 0. The van der Waals surface area contributed by atoms with E-state index in [0.717, 1.165) is 6.21 Å². The lowest BCUT2D eigenvalue weighted by atomic mass is 10.8. The molecule has 1 aliphatic heterocycles. The Labute approximate surface area is 62.2 Å². The van der Waals surface area contributed by atoms with Crippen molar-refractivity contribution in [2.75, 3.05) is 0 Å². The molecular weight excluding hydrogens is 170 g/mol. The van der Waals surface area contributed by atoms with Crippen molar-refractivity contribution in [3.8, 4) is 0 Å². The van der Waals surface area contributed by atoms with E-state index in [4.69, 9.17) is 5.53 Å². The molecule has 0 spiro atoms. The largest absolute Gasteiger partial charge is 0.241 e. The zero-order valence-electron chi connectivity index (χ0n) is 5.04. The topological polar surface area (TPSA) is 108 Å². The van der Waals surface area contributed by atoms with Gasteiger partial charge in [0.15, 0.2) is 0 Å². The molecule has 0 amide bonds. The molecule has 0 radical (unpaired) electrons. The van der Waals surface area contributed by atoms with Crippen molar-refractivity contribution in [2.45, 2.75) is 0 Å². The first-order valence-electron chi connectivity index (χ1n) is 2.38. The number of nitrogens with zero attached hydrogens (tertiary/aromatic N) is 5. The molecule has 1 rings (SSSR count). The Balaban J connectivity index is 3.16. The van der Waals surface area contributed by atoms with Crippen LogP contribution in [0.15, 0.2) is 15.1 Å². The third-order valence-electron chi connectivity index (χ3n) is 0.806. The molecule has 7 nitrogen and oxygen atoms in total. The van der Waals surface area contributed by atoms with E-state index >= 15 is 0 Å². The van der Waals surface area contributed by atoms with Crippen molar-refractivity contribution in [1.82, 2.24) is 0 Å². The minimum absolute atomic E-state index is 0.188. The summed E-state index contributed by atoms with van der Waals surface area (Å²) in [6.07, 6.45) is 1.01. The smallest absolute Gasteiger partial charge is 0.232 e. The molecule has 0 aromatic heterocycles. The van der Waals surface area contributed by atoms with Crippen molar-refractivity contribution in [3.05, 3.63) is 10.4 Å². The maximum Gasteiger partial charge on any atom is 0.241 e. The van der Waals surface area contributed by atoms with Gasteiger partial charge in [-0.3, -0.25) is 0 Å². The van der Waals surface area contributed by atoms with Crippen LogP contribution in [0.1, 0.15) is 0 Å². The Morgan fingerprint density at radius 3 is 2.82 bits per heavy atom. The van der Waals surface area contributed by atoms with E-state index in [0.29, 0.717) is 0 Å². The number of hydrogen-bond acceptors (Lipinski definition) is 4. The number of azide groups is 1. The Hall–Kier alpha value is -1.66. The summed E-state index contributed by atoms with van der Waals surface area (Å²) < 4.78 is 20.4. The summed E-state index contributed by atoms with van der Waals surface area (Å²) in [6.45, 7) is 0. The second-order valence-corrected chi connectivity index (χ2v) is 2.32. The Morgan fingerprint density at radius 1 is 1.64 bits per heavy atom. The van der Waals surface area contributed by atoms with Crippen LogP contribution in [0.5, 0.6) is 0 Å². The van der Waals surface area contributed by atoms with Gasteiger partial charge < -0.3 is 0 Å². The van der Waals surface area contributed by atoms with E-state index in [-0.39, 0.29) is 10.9 Å². The Bertz CT molecular complexity index is 401. The van der Waals surface area contributed by atoms with E-state index < -0.39 is 10.3 Å². The highest BCUT2D eigenvalue weighted by atomic mass is 32.2. The predicted molar refractivity (Wildman–Crippen MR) is 39.0 cm³/mol. The fourth-order valence-electron chi connectivity index (χ4n) is 0.438. The summed E-state index contributed by atoms with van der Waals surface area (Å²) in [6, 6.07) is 0. The van der Waals surface area contributed by atoms with Gasteiger partial charge in [0.2, 0.25) is 21.2 Å². The minimum atomic E-state index is -2.42. The number of aliphatic imine (C=N–C) groups is 2. The molecule has 8 heteroatoms. The third-order valence-corrected chi connectivity index (χ3v) is 1.34. The molecule has 1 aliphatic rings. The fourth-order valence-corrected chi connectivity index (χ4v) is 0.733. The van der Waals surface area contributed by atoms with Crippen LogP contribution in [-0.2, 0) is 10.3 Å². The van der Waals surface area contributed by atoms with Crippen LogP contribution in [0.3, 0.4) is 0 Å². The minimum Gasteiger partial charge on any atom is -0.232 e. The maximum absolute atomic E-state index is 10.2. The van der Waals surface area contributed by atoms with Crippen LogP contribution in [0.2, 0.25) is 0 Å². The molecule has 0 aromatic carbocycles. The molecular formula is C3HN5O2S. The summed E-state index contributed by atoms with van der Waals surface area (Å²) >= 11 is 0. The number of hydrogen-bond donors (Lipinski definition) is 0. The van der Waals surface area contributed by atoms with Gasteiger partial charge in [-0.05, 0) is 10.6 Å². The van der Waals surface area contributed by atoms with Gasteiger partial charge in [-0.15, -0.1) is 0 Å². The summed E-state index contributed by atoms with van der Waals surface area (Å²) in [5, 5.41) is 2.99. The molecule has 0 unspecified atom stereocenters. The summed E-state index contributed by atoms with van der Waals surface area (Å²) in [5.41, 5.74) is 7.89. The second-order valence-electron chi connectivity index (χ2n) is 1.43. The zero-order chi connectivity index (χ0) is 8.27. The molecule has 56 valence electrons. The van der Waals surface area contributed by atoms with Crippen LogP contribution in [0.25, 0.3) is 10.4 Å². The van der Waals surface area contributed by atoms with Crippen LogP contribution in [-0.4, -0.2) is 25.6 Å². The second kappa shape index (κ2) is 2.95. The molecule has 0 aliphatic carbocycles. The molecule has 1 heterocycles. The van der Waals surface area contributed by atoms with Crippen LogP contribution in [0, 0.1) is 0 Å². The summed E-state index contributed by atoms with van der Waals surface area (Å²) in [5.74, 6) is -0.188. The lowest BCUT2D eigenvalue weighted by Crippen LogP contribution is -1.90. The van der Waals surface area contributed by atoms with Gasteiger partial charge in [-0.2, -0.15) is 8.42 Å². The van der Waals surface area contributed by atoms with Gasteiger partial charge in [0.25, 0.3) is 0 Å². The summed E-state index contributed by atoms with van der Waals surface area (Å²) in [7, 11) is -2.42. The van der Waals surface area contributed by atoms with Crippen molar-refractivity contribution in [2.24, 2.45) is 15.1 Å². The van der Waals surface area contributed by atoms with Gasteiger partial charge in [0.1, 0.15) is 0 Å². The monoisotopic (exact) mass is 171 g/mol. The quantitative estimate of drug-likeness (QED) is 0.217. The Kier molecular flexibility index (Phi) is 2.00. The van der Waals surface area contributed by atoms with Crippen LogP contribution < -0.4 is 0 Å². The molecule has 0 fully saturated rings. The molecule has 0 N–H and O–H groups in total. The predicted octanol–water partition coefficient (Wildman–Crippen LogP) is -0.254. The first-order chi connectivity index (χ1) is 5.24. The van der Waals surface area contributed by atoms with Gasteiger partial charge in [-0.25, -0.2) is 9.98 Å². The van der Waals surface area contributed by atoms with Crippen molar-refractivity contribution >= 4 is 27.5 Å². The standard InChI is InChI=1S/C3HN5O2S/c4-8-7-3-5-1-2(6-3)11(9)10/h1H. The van der Waals surface area contributed by atoms with Crippen molar-refractivity contribution in [3.63, 3.8) is 0 Å². The highest BCUT2D eigenvalue weighted by Crippen LogP contribution is 1.92. The lowest BCUT2D eigenvalue weighted by molar-refractivity contribution is 0.627. The van der Waals surface area contributed by atoms with E-state index in [1.165, 1.54) is 0 Å². The molecule has 0 saturated carbocycles. The molecule has 0 atom stereocenters. The van der Waals surface area contributed by atoms with Gasteiger partial charge >= 0.3 is 0 Å². The van der Waals surface area contributed by atoms with Crippen LogP contribution in [0.4, 0.5) is 0 Å². The zero-order valence-corrected chi connectivity index (χ0v) is 5.85. The average molecular weight is 171 g/mol. The van der Waals surface area contributed by atoms with Gasteiger partial charge in [0.05, 0.1) is 6.21 Å². The normalized spacial score (nSPS) is 14.2. The van der Waals surface area contributed by atoms with E-state index in [2.05, 4.69) is 20.0 Å². The number of guanidine groups is 1. The highest BCUT2D eigenvalue weighted by Gasteiger charge is 2.04. The first kappa shape index (κ1) is 7.45. The van der Waals surface area contributed by atoms with Crippen LogP contribution >= 0.6 is 0 Å². The maximum atomic E-state index is 10.2. The summed E-state index contributed by atoms with van der Waals surface area (Å²) in [4.78, 5) is 8.91. The highest BCUT2D eigenvalue weighted by molar-refractivity contribution is 7.74. The molecule has 11 heavy (non-hydrogen) atoms. The third kappa shape index (κ3) is 1.63. The fraction of sp³-hybridized carbons (Fsp3) is 0.